The van der Waals surface area contributed by atoms with E-state index >= 15 is 0 Å². The average molecular weight is 1440 g/mol. The summed E-state index contributed by atoms with van der Waals surface area (Å²) in [7, 11) is 1.47. The smallest absolute Gasteiger partial charge is 0.462 e. The lowest BCUT2D eigenvalue weighted by molar-refractivity contribution is -0.870. The zero-order valence-corrected chi connectivity index (χ0v) is 68.0. The van der Waals surface area contributed by atoms with Gasteiger partial charge in [0.25, 0.3) is 0 Å². The van der Waals surface area contributed by atoms with Gasteiger partial charge >= 0.3 is 19.8 Å². The number of quaternary nitrogens is 1. The molecule has 0 saturated heterocycles. The molecule has 0 amide bonds. The third kappa shape index (κ3) is 84.8. The third-order valence-corrected chi connectivity index (χ3v) is 19.3. The first-order chi connectivity index (χ1) is 50.0. The normalized spacial score (nSPS) is 13.7. The first-order valence-electron chi connectivity index (χ1n) is 42.6. The van der Waals surface area contributed by atoms with Crippen LogP contribution in [-0.2, 0) is 32.7 Å². The van der Waals surface area contributed by atoms with Crippen molar-refractivity contribution in [2.75, 3.05) is 47.5 Å². The molecule has 1 N–H and O–H groups in total. The molecule has 0 aliphatic carbocycles. The minimum atomic E-state index is -4.41. The van der Waals surface area contributed by atoms with Gasteiger partial charge in [-0.05, 0) is 122 Å². The molecule has 0 aromatic carbocycles. The quantitative estimate of drug-likeness (QED) is 0.0211. The van der Waals surface area contributed by atoms with Crippen molar-refractivity contribution in [1.29, 1.82) is 0 Å². The predicted octanol–water partition coefficient (Wildman–Crippen LogP) is 28.8. The van der Waals surface area contributed by atoms with Gasteiger partial charge in [-0.15, -0.1) is 0 Å². The number of allylic oxidation sites excluding steroid dienone is 24. The van der Waals surface area contributed by atoms with E-state index in [4.69, 9.17) is 18.5 Å². The van der Waals surface area contributed by atoms with E-state index in [2.05, 4.69) is 160 Å². The summed E-state index contributed by atoms with van der Waals surface area (Å²) in [6, 6.07) is 0. The zero-order chi connectivity index (χ0) is 74.0. The minimum Gasteiger partial charge on any atom is -0.462 e. The van der Waals surface area contributed by atoms with Gasteiger partial charge in [-0.25, -0.2) is 4.57 Å². The molecule has 9 nitrogen and oxygen atoms in total. The first-order valence-corrected chi connectivity index (χ1v) is 44.1. The van der Waals surface area contributed by atoms with Crippen LogP contribution in [0.5, 0.6) is 0 Å². The number of hydrogen-bond acceptors (Lipinski definition) is 7. The molecule has 2 unspecified atom stereocenters. The molecular weight excluding hydrogens is 1280 g/mol. The van der Waals surface area contributed by atoms with Gasteiger partial charge in [-0.2, -0.15) is 0 Å². The van der Waals surface area contributed by atoms with E-state index in [1.807, 2.05) is 21.1 Å². The summed E-state index contributed by atoms with van der Waals surface area (Å²) in [6.07, 6.45) is 120. The maximum absolute atomic E-state index is 12.9. The zero-order valence-electron chi connectivity index (χ0n) is 67.1. The molecule has 2 atom stereocenters. The van der Waals surface area contributed by atoms with Crippen molar-refractivity contribution in [3.8, 4) is 0 Å². The highest BCUT2D eigenvalue weighted by molar-refractivity contribution is 7.47. The molecule has 0 rings (SSSR count). The summed E-state index contributed by atoms with van der Waals surface area (Å²) in [4.78, 5) is 36.0. The molecule has 0 aromatic rings. The lowest BCUT2D eigenvalue weighted by Gasteiger charge is -2.24. The van der Waals surface area contributed by atoms with Crippen LogP contribution >= 0.6 is 7.82 Å². The molecule has 586 valence electrons. The summed E-state index contributed by atoms with van der Waals surface area (Å²) in [5, 5.41) is 0. The standard InChI is InChI=1S/C92H160NO8P/c1-6-8-10-12-14-16-18-20-22-24-26-28-30-32-34-36-38-40-42-44-45-46-47-49-51-53-55-57-59-61-63-65-67-69-71-73-75-77-79-81-83-85-92(95)101-90(89-100-102(96,97)99-87-86-93(3,4)5)88-98-91(94)84-82-80-78-76-74-72-70-68-66-64-62-60-58-56-54-52-50-48-43-41-39-37-35-33-31-29-27-25-23-21-19-17-15-13-11-9-7-2/h8,10,14,16,19-22,25-28,32,34,38,40,44-45,47,49,53,55,59,61,90H,6-7,9,11-13,15,17-18,23-24,29-31,33,35-37,39,41-43,46,48,50-52,54,56-58,60,62-89H2,1-5H3/p+1/b10-8-,16-14-,21-19-,22-20-,27-25-,28-26-,34-32-,40-38-,45-44-,49-47-,55-53-,61-59-. The highest BCUT2D eigenvalue weighted by Gasteiger charge is 2.27. The molecule has 0 aliphatic rings. The van der Waals surface area contributed by atoms with Crippen molar-refractivity contribution in [2.45, 2.75) is 380 Å². The number of nitrogens with zero attached hydrogens (tertiary/aromatic N) is 1. The van der Waals surface area contributed by atoms with Crippen LogP contribution in [0.25, 0.3) is 0 Å². The molecule has 0 heterocycles. The molecule has 102 heavy (non-hydrogen) atoms. The Bertz CT molecular complexity index is 2240. The second-order valence-corrected chi connectivity index (χ2v) is 30.9. The summed E-state index contributed by atoms with van der Waals surface area (Å²) in [5.41, 5.74) is 0. The van der Waals surface area contributed by atoms with Gasteiger partial charge in [-0.3, -0.25) is 18.6 Å². The van der Waals surface area contributed by atoms with Gasteiger partial charge in [-0.1, -0.05) is 384 Å². The van der Waals surface area contributed by atoms with Crippen LogP contribution < -0.4 is 0 Å². The molecule has 0 fully saturated rings. The molecule has 0 bridgehead atoms. The van der Waals surface area contributed by atoms with Crippen LogP contribution in [0.4, 0.5) is 0 Å². The number of carbonyl (C=O) groups is 2. The number of carbonyl (C=O) groups excluding carboxylic acids is 2. The highest BCUT2D eigenvalue weighted by atomic mass is 31.2. The number of esters is 2. The second kappa shape index (κ2) is 81.0. The monoisotopic (exact) mass is 1440 g/mol. The van der Waals surface area contributed by atoms with Gasteiger partial charge in [0.2, 0.25) is 0 Å². The molecule has 0 aliphatic heterocycles. The van der Waals surface area contributed by atoms with E-state index < -0.39 is 26.5 Å². The van der Waals surface area contributed by atoms with Gasteiger partial charge in [0.05, 0.1) is 27.7 Å². The summed E-state index contributed by atoms with van der Waals surface area (Å²) in [6.45, 7) is 4.34. The lowest BCUT2D eigenvalue weighted by Crippen LogP contribution is -2.37. The minimum absolute atomic E-state index is 0.0267. The van der Waals surface area contributed by atoms with Crippen molar-refractivity contribution in [1.82, 2.24) is 0 Å². The maximum Gasteiger partial charge on any atom is 0.472 e. The van der Waals surface area contributed by atoms with Crippen LogP contribution in [0.1, 0.15) is 373 Å². The van der Waals surface area contributed by atoms with Gasteiger partial charge in [0.1, 0.15) is 19.8 Å². The van der Waals surface area contributed by atoms with Crippen LogP contribution in [-0.4, -0.2) is 74.9 Å². The Hall–Kier alpha value is -4.11. The Kier molecular flexibility index (Phi) is 77.7. The SMILES string of the molecule is CC/C=C\C/C=C\C/C=C\C/C=C\C/C=C\C/C=C\C/C=C\C/C=C\C/C=C\C/C=C\CCCCCCCCCCCCC(=O)OC(COC(=O)CCCCCCCCCCCCCCCCCCCCCCCCCCC/C=C\C/C=C\CCCCCCC)COP(=O)(O)OCC[N+](C)(C)C. The predicted molar refractivity (Wildman–Crippen MR) is 445 cm³/mol. The van der Waals surface area contributed by atoms with E-state index in [1.54, 1.807) is 0 Å². The fraction of sp³-hybridized carbons (Fsp3) is 0.717. The number of unbranched alkanes of at least 4 members (excludes halogenated alkanes) is 40. The number of phosphoric acid groups is 1. The molecule has 0 spiro atoms. The fourth-order valence-electron chi connectivity index (χ4n) is 11.9. The molecule has 0 radical (unpaired) electrons. The maximum atomic E-state index is 12.9. The van der Waals surface area contributed by atoms with E-state index in [-0.39, 0.29) is 32.0 Å². The van der Waals surface area contributed by atoms with Crippen molar-refractivity contribution < 1.29 is 42.1 Å². The Morgan fingerprint density at radius 3 is 0.833 bits per heavy atom. The molecule has 10 heteroatoms. The largest absolute Gasteiger partial charge is 0.472 e. The van der Waals surface area contributed by atoms with Crippen molar-refractivity contribution >= 4 is 19.8 Å². The topological polar surface area (TPSA) is 108 Å². The Morgan fingerprint density at radius 1 is 0.314 bits per heavy atom. The summed E-state index contributed by atoms with van der Waals surface area (Å²) >= 11 is 0. The van der Waals surface area contributed by atoms with E-state index in [0.29, 0.717) is 17.4 Å². The number of ether oxygens (including phenoxy) is 2. The summed E-state index contributed by atoms with van der Waals surface area (Å²) < 4.78 is 34.9. The van der Waals surface area contributed by atoms with Crippen molar-refractivity contribution in [2.24, 2.45) is 0 Å². The Balaban J connectivity index is 3.98. The van der Waals surface area contributed by atoms with Crippen molar-refractivity contribution in [3.63, 3.8) is 0 Å². The number of likely N-dealkylation sites (N-methyl/N-ethyl adjacent to an activating group) is 1. The van der Waals surface area contributed by atoms with Gasteiger partial charge < -0.3 is 18.9 Å². The second-order valence-electron chi connectivity index (χ2n) is 29.5. The average Bonchev–Trinajstić information content (AvgIpc) is 0.916. The summed E-state index contributed by atoms with van der Waals surface area (Å²) in [5.74, 6) is -0.794. The van der Waals surface area contributed by atoms with Gasteiger partial charge in [0.15, 0.2) is 6.10 Å². The fourth-order valence-corrected chi connectivity index (χ4v) is 12.6. The van der Waals surface area contributed by atoms with Crippen LogP contribution in [0.15, 0.2) is 146 Å². The molecule has 0 aromatic heterocycles. The highest BCUT2D eigenvalue weighted by Crippen LogP contribution is 2.43. The lowest BCUT2D eigenvalue weighted by atomic mass is 10.0. The van der Waals surface area contributed by atoms with E-state index in [9.17, 15) is 19.0 Å². The number of hydrogen-bond donors (Lipinski definition) is 1. The third-order valence-electron chi connectivity index (χ3n) is 18.4. The van der Waals surface area contributed by atoms with Crippen molar-refractivity contribution in [3.05, 3.63) is 146 Å². The molecular formula is C92H161NO8P+. The number of rotatable bonds is 78. The Morgan fingerprint density at radius 2 is 0.559 bits per heavy atom. The molecule has 0 saturated carbocycles. The van der Waals surface area contributed by atoms with E-state index in [0.717, 1.165) is 116 Å². The van der Waals surface area contributed by atoms with Gasteiger partial charge in [0, 0.05) is 12.8 Å². The number of phosphoric ester groups is 1. The Labute approximate surface area is 631 Å². The van der Waals surface area contributed by atoms with Crippen LogP contribution in [0, 0.1) is 0 Å². The van der Waals surface area contributed by atoms with Crippen LogP contribution in [0.3, 0.4) is 0 Å². The van der Waals surface area contributed by atoms with E-state index in [1.165, 1.54) is 225 Å². The van der Waals surface area contributed by atoms with Crippen LogP contribution in [0.2, 0.25) is 0 Å². The first kappa shape index (κ1) is 97.9.